The maximum Gasteiger partial charge on any atom is 0.416 e. The molecule has 0 spiro atoms. The molecule has 518 valence electrons. The van der Waals surface area contributed by atoms with Crippen molar-refractivity contribution in [1.29, 1.82) is 0 Å². The largest absolute Gasteiger partial charge is 0.506 e. The number of hydrogen-bond donors (Lipinski definition) is 7. The minimum absolute atomic E-state index is 0.0601. The van der Waals surface area contributed by atoms with Crippen LogP contribution < -0.4 is 21.3 Å². The van der Waals surface area contributed by atoms with Gasteiger partial charge in [-0.05, 0) is 120 Å². The number of phenolic OH excluding ortho intramolecular Hbond substituents is 1. The minimum atomic E-state index is -4.50. The van der Waals surface area contributed by atoms with Crippen LogP contribution in [0.4, 0.5) is 35.9 Å². The Morgan fingerprint density at radius 3 is 1.28 bits per heavy atom. The molecule has 21 nitrogen and oxygen atoms in total. The average molecular weight is 1410 g/mol. The van der Waals surface area contributed by atoms with Gasteiger partial charge >= 0.3 is 6.18 Å². The molecule has 0 saturated heterocycles. The maximum absolute atomic E-state index is 15.0. The maximum atomic E-state index is 15.0. The summed E-state index contributed by atoms with van der Waals surface area (Å²) in [6.45, 7) is 0.235. The first-order chi connectivity index (χ1) is 51.6. The third kappa shape index (κ3) is 12.7. The second-order valence-electron chi connectivity index (χ2n) is 25.1. The molecule has 7 aromatic heterocycles. The van der Waals surface area contributed by atoms with Gasteiger partial charge in [0.2, 0.25) is 0 Å². The molecule has 4 amide bonds. The highest BCUT2D eigenvalue weighted by atomic mass is 19.4. The standard InChI is InChI=1S/C82H59F3N16O5/c1-98-44-86-40-70(98)79(104)95-57-21-8-4-17-53(57)75-62-32-30-60(90-62)74(52-16-3-7-20-56(52)94-78(103)50-15-13-14-48(38-50)43-100-46-88-39-69(100)49-26-28-51(29-27-49)82(83,84)85)61-31-33-66(91-61)77(55-19-6-10-23-59(55)97-81(106)72-42-89-47-101(72)68-24-11-12-25-73(68)102)67-37-36-65(93-67)76(64-35-34-63(75)92-64)54-18-5-9-22-58(54)96-80(105)71-41-87-45-99(71)2/h3-42,44-47,90,93,102H,43H2,1-2H3,(H,94,103)(H,95,104)(H,96,105)(H,97,106). The van der Waals surface area contributed by atoms with Gasteiger partial charge in [0, 0.05) is 116 Å². The number of amides is 4. The van der Waals surface area contributed by atoms with Crippen LogP contribution in [0, 0.1) is 0 Å². The first-order valence-electron chi connectivity index (χ1n) is 33.4. The van der Waals surface area contributed by atoms with Crippen molar-refractivity contribution in [2.45, 2.75) is 12.7 Å². The molecular formula is C82H59F3N16O5. The van der Waals surface area contributed by atoms with Crippen LogP contribution in [-0.2, 0) is 26.8 Å². The molecule has 7 aromatic carbocycles. The summed E-state index contributed by atoms with van der Waals surface area (Å²) in [7, 11) is 3.47. The molecule has 0 unspecified atom stereocenters. The van der Waals surface area contributed by atoms with Gasteiger partial charge in [0.05, 0.1) is 89.8 Å². The molecule has 0 radical (unpaired) electrons. The first-order valence-corrected chi connectivity index (χ1v) is 33.4. The van der Waals surface area contributed by atoms with Crippen LogP contribution >= 0.6 is 0 Å². The fourth-order valence-electron chi connectivity index (χ4n) is 13.3. The van der Waals surface area contributed by atoms with Crippen molar-refractivity contribution in [3.05, 3.63) is 301 Å². The van der Waals surface area contributed by atoms with Crippen LogP contribution in [0.5, 0.6) is 5.75 Å². The number of carbonyl (C=O) groups excluding carboxylic acids is 4. The number of nitrogens with zero attached hydrogens (tertiary/aromatic N) is 10. The van der Waals surface area contributed by atoms with Crippen LogP contribution in [0.2, 0.25) is 0 Å². The fraction of sp³-hybridized carbons (Fsp3) is 0.0488. The number of anilines is 4. The number of H-pyrrole nitrogens is 2. The molecule has 106 heavy (non-hydrogen) atoms. The molecule has 14 aromatic rings. The monoisotopic (exact) mass is 1400 g/mol. The zero-order valence-corrected chi connectivity index (χ0v) is 56.3. The van der Waals surface area contributed by atoms with E-state index in [0.717, 1.165) is 12.1 Å². The Balaban J connectivity index is 0.903. The summed E-state index contributed by atoms with van der Waals surface area (Å²) in [5, 5.41) is 23.6. The number of rotatable bonds is 16. The fourth-order valence-corrected chi connectivity index (χ4v) is 13.3. The van der Waals surface area contributed by atoms with Gasteiger partial charge in [-0.25, -0.2) is 29.9 Å². The Labute approximate surface area is 601 Å². The van der Waals surface area contributed by atoms with E-state index in [9.17, 15) is 37.5 Å². The van der Waals surface area contributed by atoms with E-state index < -0.39 is 35.4 Å². The molecule has 7 N–H and O–H groups in total. The van der Waals surface area contributed by atoms with Gasteiger partial charge in [-0.3, -0.25) is 23.7 Å². The Bertz CT molecular complexity index is 6110. The number of para-hydroxylation sites is 6. The van der Waals surface area contributed by atoms with Crippen LogP contribution in [0.15, 0.2) is 244 Å². The third-order valence-electron chi connectivity index (χ3n) is 18.4. The van der Waals surface area contributed by atoms with Crippen molar-refractivity contribution >= 4 is 92.7 Å². The van der Waals surface area contributed by atoms with Crippen molar-refractivity contribution in [1.82, 2.24) is 58.1 Å². The molecule has 0 fully saturated rings. The van der Waals surface area contributed by atoms with E-state index in [1.165, 1.54) is 47.7 Å². The number of aryl methyl sites for hydroxylation is 2. The molecule has 0 saturated carbocycles. The Morgan fingerprint density at radius 2 is 0.840 bits per heavy atom. The van der Waals surface area contributed by atoms with Crippen molar-refractivity contribution in [2.75, 3.05) is 21.3 Å². The van der Waals surface area contributed by atoms with E-state index >= 15 is 0 Å². The summed E-state index contributed by atoms with van der Waals surface area (Å²) in [6.07, 6.45) is 15.2. The van der Waals surface area contributed by atoms with Crippen molar-refractivity contribution in [2.24, 2.45) is 14.1 Å². The highest BCUT2D eigenvalue weighted by Gasteiger charge is 2.31. The molecule has 0 aliphatic carbocycles. The number of aromatic hydroxyl groups is 1. The predicted octanol–water partition coefficient (Wildman–Crippen LogP) is 16.6. The molecule has 0 atom stereocenters. The van der Waals surface area contributed by atoms with Gasteiger partial charge in [0.25, 0.3) is 23.6 Å². The second-order valence-corrected chi connectivity index (χ2v) is 25.1. The highest BCUT2D eigenvalue weighted by Crippen LogP contribution is 2.44. The SMILES string of the molecule is Cn1cncc1C(=O)Nc1ccccc1-c1c2nc(c(-c3ccccc3NC(=O)c3cncn3C)c3ccc([nH]3)c(-c3ccccc3NC(=O)c3cncn3-c3ccccc3O)c3nc(c(-c4ccccc4NC(=O)c4cccc(Cn5cncc5-c5ccc(C(F)(F)F)cc5)c4)c4ccc1[nH]4)C=C3)C=C2. The van der Waals surface area contributed by atoms with E-state index in [4.69, 9.17) is 9.97 Å². The molecule has 2 aliphatic heterocycles. The lowest BCUT2D eigenvalue weighted by Crippen LogP contribution is -2.16. The Morgan fingerprint density at radius 1 is 0.434 bits per heavy atom. The normalized spacial score (nSPS) is 11.8. The topological polar surface area (TPSA) is 265 Å². The number of alkyl halides is 3. The number of hydrogen-bond acceptors (Lipinski definition) is 11. The summed E-state index contributed by atoms with van der Waals surface area (Å²) >= 11 is 0. The van der Waals surface area contributed by atoms with Crippen LogP contribution in [-0.4, -0.2) is 86.9 Å². The van der Waals surface area contributed by atoms with Crippen LogP contribution in [0.25, 0.3) is 108 Å². The summed E-state index contributed by atoms with van der Waals surface area (Å²) in [4.78, 5) is 94.0. The van der Waals surface area contributed by atoms with E-state index in [0.29, 0.717) is 152 Å². The molecule has 9 heterocycles. The highest BCUT2D eigenvalue weighted by molar-refractivity contribution is 6.12. The van der Waals surface area contributed by atoms with E-state index in [1.807, 2.05) is 133 Å². The number of phenols is 1. The number of aromatic amines is 2. The Kier molecular flexibility index (Phi) is 17.1. The van der Waals surface area contributed by atoms with Gasteiger partial charge in [0.1, 0.15) is 22.8 Å². The van der Waals surface area contributed by atoms with Crippen LogP contribution in [0.1, 0.15) is 75.7 Å². The molecule has 8 bridgehead atoms. The van der Waals surface area contributed by atoms with Crippen molar-refractivity contribution in [3.8, 4) is 67.2 Å². The van der Waals surface area contributed by atoms with Crippen molar-refractivity contribution in [3.63, 3.8) is 0 Å². The van der Waals surface area contributed by atoms with E-state index in [2.05, 4.69) is 51.2 Å². The number of imidazole rings is 4. The lowest BCUT2D eigenvalue weighted by molar-refractivity contribution is -0.137. The molecule has 2 aliphatic rings. The predicted molar refractivity (Wildman–Crippen MR) is 402 cm³/mol. The second kappa shape index (κ2) is 27.4. The van der Waals surface area contributed by atoms with E-state index in [1.54, 1.807) is 108 Å². The van der Waals surface area contributed by atoms with Gasteiger partial charge in [-0.1, -0.05) is 109 Å². The minimum Gasteiger partial charge on any atom is -0.506 e. The number of aromatic nitrogens is 12. The van der Waals surface area contributed by atoms with Gasteiger partial charge < -0.3 is 50.0 Å². The number of nitrogens with one attached hydrogen (secondary N) is 6. The van der Waals surface area contributed by atoms with E-state index in [-0.39, 0.29) is 18.0 Å². The lowest BCUT2D eigenvalue weighted by atomic mass is 10.0. The lowest BCUT2D eigenvalue weighted by Gasteiger charge is -2.15. The zero-order valence-electron chi connectivity index (χ0n) is 56.3. The van der Waals surface area contributed by atoms with Crippen molar-refractivity contribution < 1.29 is 37.5 Å². The zero-order chi connectivity index (χ0) is 72.7. The third-order valence-corrected chi connectivity index (χ3v) is 18.4. The summed E-state index contributed by atoms with van der Waals surface area (Å²) in [5.41, 5.74) is 12.8. The average Bonchev–Trinajstić information content (AvgIpc) is 1.58. The number of halogens is 3. The summed E-state index contributed by atoms with van der Waals surface area (Å²) < 4.78 is 47.3. The quantitative estimate of drug-likeness (QED) is 0.0478. The Hall–Kier alpha value is -14.6. The van der Waals surface area contributed by atoms with Gasteiger partial charge in [-0.2, -0.15) is 13.2 Å². The summed E-state index contributed by atoms with van der Waals surface area (Å²) in [6, 6.07) is 55.7. The molecule has 16 rings (SSSR count). The first kappa shape index (κ1) is 66.0. The number of carbonyl (C=O) groups is 4. The van der Waals surface area contributed by atoms with Gasteiger partial charge in [0.15, 0.2) is 0 Å². The number of benzene rings is 7. The summed E-state index contributed by atoms with van der Waals surface area (Å²) in [5.74, 6) is -1.86. The molecule has 24 heteroatoms. The smallest absolute Gasteiger partial charge is 0.416 e. The van der Waals surface area contributed by atoms with Crippen LogP contribution in [0.3, 0.4) is 0 Å². The number of fused-ring (bicyclic) bond motifs is 8. The molecular weight excluding hydrogens is 1350 g/mol. The van der Waals surface area contributed by atoms with Gasteiger partial charge in [-0.15, -0.1) is 0 Å².